The Balaban J connectivity index is 1.61. The summed E-state index contributed by atoms with van der Waals surface area (Å²) in [4.78, 5) is 16.9. The van der Waals surface area contributed by atoms with Gasteiger partial charge in [-0.25, -0.2) is 4.39 Å². The molecule has 4 rings (SSSR count). The number of hydrogen-bond acceptors (Lipinski definition) is 5. The van der Waals surface area contributed by atoms with Gasteiger partial charge in [-0.05, 0) is 55.0 Å². The van der Waals surface area contributed by atoms with Crippen molar-refractivity contribution >= 4 is 11.6 Å². The molecule has 5 N–H and O–H groups in total. The van der Waals surface area contributed by atoms with Crippen LogP contribution in [0.1, 0.15) is 43.4 Å². The van der Waals surface area contributed by atoms with Gasteiger partial charge in [-0.1, -0.05) is 25.0 Å². The van der Waals surface area contributed by atoms with Gasteiger partial charge in [0.25, 0.3) is 0 Å². The van der Waals surface area contributed by atoms with Crippen LogP contribution in [0, 0.1) is 11.7 Å². The highest BCUT2D eigenvalue weighted by Crippen LogP contribution is 2.40. The summed E-state index contributed by atoms with van der Waals surface area (Å²) in [5.41, 5.74) is 7.53. The topological polar surface area (TPSA) is 100 Å². The molecule has 6 nitrogen and oxygen atoms in total. The summed E-state index contributed by atoms with van der Waals surface area (Å²) in [7, 11) is 0. The summed E-state index contributed by atoms with van der Waals surface area (Å²) in [6.07, 6.45) is 5.58. The number of halogens is 1. The molecular weight excluding hydrogens is 371 g/mol. The SMILES string of the molecule is NC(CCC1CC1)(c1ccc(F)c(NC(=O)C2CC(O)CN2)c1)c1ccccn1. The molecule has 2 fully saturated rings. The number of aromatic nitrogens is 1. The summed E-state index contributed by atoms with van der Waals surface area (Å²) >= 11 is 0. The third-order valence-electron chi connectivity index (χ3n) is 5.93. The molecule has 2 heterocycles. The van der Waals surface area contributed by atoms with Gasteiger partial charge in [-0.3, -0.25) is 9.78 Å². The fourth-order valence-corrected chi connectivity index (χ4v) is 3.92. The quantitative estimate of drug-likeness (QED) is 0.573. The number of rotatable bonds is 7. The van der Waals surface area contributed by atoms with Gasteiger partial charge in [-0.2, -0.15) is 0 Å². The summed E-state index contributed by atoms with van der Waals surface area (Å²) in [6.45, 7) is 0.355. The molecule has 0 bridgehead atoms. The predicted molar refractivity (Wildman–Crippen MR) is 109 cm³/mol. The fourth-order valence-electron chi connectivity index (χ4n) is 3.92. The molecule has 1 saturated carbocycles. The van der Waals surface area contributed by atoms with Crippen LogP contribution >= 0.6 is 0 Å². The van der Waals surface area contributed by atoms with Gasteiger partial charge in [0.15, 0.2) is 0 Å². The lowest BCUT2D eigenvalue weighted by molar-refractivity contribution is -0.118. The molecule has 29 heavy (non-hydrogen) atoms. The number of benzene rings is 1. The minimum atomic E-state index is -0.862. The van der Waals surface area contributed by atoms with Crippen molar-refractivity contribution in [1.29, 1.82) is 0 Å². The third kappa shape index (κ3) is 4.47. The number of carbonyl (C=O) groups excluding carboxylic acids is 1. The van der Waals surface area contributed by atoms with Crippen molar-refractivity contribution < 1.29 is 14.3 Å². The highest BCUT2D eigenvalue weighted by Gasteiger charge is 2.35. The van der Waals surface area contributed by atoms with Gasteiger partial charge in [0.1, 0.15) is 5.82 Å². The van der Waals surface area contributed by atoms with E-state index >= 15 is 0 Å². The lowest BCUT2D eigenvalue weighted by Gasteiger charge is -2.30. The summed E-state index contributed by atoms with van der Waals surface area (Å²) in [6, 6.07) is 9.70. The Morgan fingerprint density at radius 2 is 2.17 bits per heavy atom. The highest BCUT2D eigenvalue weighted by molar-refractivity contribution is 5.95. The van der Waals surface area contributed by atoms with E-state index in [4.69, 9.17) is 5.73 Å². The van der Waals surface area contributed by atoms with E-state index in [1.165, 1.54) is 18.9 Å². The highest BCUT2D eigenvalue weighted by atomic mass is 19.1. The van der Waals surface area contributed by atoms with Gasteiger partial charge in [0.2, 0.25) is 5.91 Å². The maximum atomic E-state index is 14.5. The van der Waals surface area contributed by atoms with E-state index in [1.54, 1.807) is 18.3 Å². The number of hydrogen-bond donors (Lipinski definition) is 4. The molecule has 0 spiro atoms. The molecular formula is C22H27FN4O2. The zero-order valence-electron chi connectivity index (χ0n) is 16.3. The Kier molecular flexibility index (Phi) is 5.63. The van der Waals surface area contributed by atoms with E-state index in [-0.39, 0.29) is 11.6 Å². The van der Waals surface area contributed by atoms with Gasteiger partial charge < -0.3 is 21.5 Å². The van der Waals surface area contributed by atoms with Crippen LogP contribution in [0.4, 0.5) is 10.1 Å². The number of anilines is 1. The van der Waals surface area contributed by atoms with Crippen LogP contribution in [0.3, 0.4) is 0 Å². The maximum absolute atomic E-state index is 14.5. The lowest BCUT2D eigenvalue weighted by atomic mass is 9.82. The van der Waals surface area contributed by atoms with Crippen molar-refractivity contribution in [3.63, 3.8) is 0 Å². The van der Waals surface area contributed by atoms with Crippen molar-refractivity contribution in [3.05, 3.63) is 59.7 Å². The van der Waals surface area contributed by atoms with Gasteiger partial charge in [0.05, 0.1) is 29.1 Å². The molecule has 1 aliphatic heterocycles. The molecule has 1 aliphatic carbocycles. The number of nitrogens with zero attached hydrogens (tertiary/aromatic N) is 1. The molecule has 0 radical (unpaired) electrons. The Labute approximate surface area is 169 Å². The molecule has 2 aliphatic rings. The van der Waals surface area contributed by atoms with E-state index < -0.39 is 23.5 Å². The molecule has 154 valence electrons. The standard InChI is InChI=1S/C22H27FN4O2/c23-17-7-6-15(11-18(17)27-21(29)19-12-16(28)13-26-19)22(24,9-8-14-4-5-14)20-3-1-2-10-25-20/h1-3,6-7,10-11,14,16,19,26,28H,4-5,8-9,12-13,24H2,(H,27,29). The minimum absolute atomic E-state index is 0.0906. The molecule has 1 amide bonds. The van der Waals surface area contributed by atoms with Crippen molar-refractivity contribution in [3.8, 4) is 0 Å². The number of nitrogens with two attached hydrogens (primary N) is 1. The van der Waals surface area contributed by atoms with Gasteiger partial charge in [0, 0.05) is 12.7 Å². The van der Waals surface area contributed by atoms with E-state index in [9.17, 15) is 14.3 Å². The first-order valence-electron chi connectivity index (χ1n) is 10.2. The Bertz CT molecular complexity index is 874. The number of aliphatic hydroxyl groups is 1. The second-order valence-electron chi connectivity index (χ2n) is 8.20. The zero-order chi connectivity index (χ0) is 20.4. The summed E-state index contributed by atoms with van der Waals surface area (Å²) in [5.74, 6) is -0.191. The molecule has 3 atom stereocenters. The largest absolute Gasteiger partial charge is 0.392 e. The Hall–Kier alpha value is -2.35. The van der Waals surface area contributed by atoms with Crippen molar-refractivity contribution in [2.75, 3.05) is 11.9 Å². The van der Waals surface area contributed by atoms with Crippen molar-refractivity contribution in [2.24, 2.45) is 11.7 Å². The molecule has 2 aromatic rings. The molecule has 7 heteroatoms. The Morgan fingerprint density at radius 1 is 1.34 bits per heavy atom. The molecule has 3 unspecified atom stereocenters. The Morgan fingerprint density at radius 3 is 2.83 bits per heavy atom. The fraction of sp³-hybridized carbons (Fsp3) is 0.455. The van der Waals surface area contributed by atoms with E-state index in [0.717, 1.165) is 12.1 Å². The second-order valence-corrected chi connectivity index (χ2v) is 8.20. The molecule has 1 aromatic carbocycles. The van der Waals surface area contributed by atoms with Crippen LogP contribution < -0.4 is 16.4 Å². The number of aliphatic hydroxyl groups excluding tert-OH is 1. The average Bonchev–Trinajstić information content (AvgIpc) is 3.46. The van der Waals surface area contributed by atoms with Crippen LogP contribution in [-0.4, -0.2) is 34.7 Å². The smallest absolute Gasteiger partial charge is 0.241 e. The number of pyridine rings is 1. The van der Waals surface area contributed by atoms with E-state index in [0.29, 0.717) is 30.9 Å². The van der Waals surface area contributed by atoms with Crippen molar-refractivity contribution in [2.45, 2.75) is 49.8 Å². The summed E-state index contributed by atoms with van der Waals surface area (Å²) < 4.78 is 14.5. The van der Waals surface area contributed by atoms with E-state index in [1.807, 2.05) is 18.2 Å². The van der Waals surface area contributed by atoms with Crippen LogP contribution in [0.2, 0.25) is 0 Å². The molecule has 1 aromatic heterocycles. The van der Waals surface area contributed by atoms with Crippen LogP contribution in [0.5, 0.6) is 0 Å². The lowest BCUT2D eigenvalue weighted by Crippen LogP contribution is -2.39. The number of β-amino-alcohol motifs (C(OH)–C–C–N with tert-alkyl or cyclic N) is 1. The van der Waals surface area contributed by atoms with Gasteiger partial charge >= 0.3 is 0 Å². The van der Waals surface area contributed by atoms with Crippen LogP contribution in [0.25, 0.3) is 0 Å². The predicted octanol–water partition coefficient (Wildman–Crippen LogP) is 2.27. The van der Waals surface area contributed by atoms with Crippen LogP contribution in [-0.2, 0) is 10.3 Å². The number of amides is 1. The monoisotopic (exact) mass is 398 g/mol. The normalized spacial score (nSPS) is 23.6. The van der Waals surface area contributed by atoms with E-state index in [2.05, 4.69) is 15.6 Å². The van der Waals surface area contributed by atoms with Crippen LogP contribution in [0.15, 0.2) is 42.6 Å². The second kappa shape index (κ2) is 8.18. The number of nitrogens with one attached hydrogen (secondary N) is 2. The zero-order valence-corrected chi connectivity index (χ0v) is 16.3. The molecule has 1 saturated heterocycles. The summed E-state index contributed by atoms with van der Waals surface area (Å²) in [5, 5.41) is 15.2. The minimum Gasteiger partial charge on any atom is -0.392 e. The van der Waals surface area contributed by atoms with Crippen molar-refractivity contribution in [1.82, 2.24) is 10.3 Å². The van der Waals surface area contributed by atoms with Gasteiger partial charge in [-0.15, -0.1) is 0 Å². The average molecular weight is 398 g/mol. The third-order valence-corrected chi connectivity index (χ3v) is 5.93. The first kappa shape index (κ1) is 19.9. The first-order valence-corrected chi connectivity index (χ1v) is 10.2. The maximum Gasteiger partial charge on any atom is 0.241 e. The first-order chi connectivity index (χ1) is 14.0. The number of carbonyl (C=O) groups is 1.